The zero-order chi connectivity index (χ0) is 10.7. The van der Waals surface area contributed by atoms with Crippen LogP contribution in [0.25, 0.3) is 0 Å². The molecule has 1 rings (SSSR count). The quantitative estimate of drug-likeness (QED) is 0.781. The monoisotopic (exact) mass is 324 g/mol. The molecule has 0 atom stereocenters. The molecular weight excluding hydrogens is 319 g/mol. The van der Waals surface area contributed by atoms with E-state index < -0.39 is 11.8 Å². The third-order valence-corrected chi connectivity index (χ3v) is 2.82. The Kier molecular flexibility index (Phi) is 4.07. The molecule has 0 radical (unpaired) electrons. The third-order valence-electron chi connectivity index (χ3n) is 1.65. The van der Waals surface area contributed by atoms with Crippen LogP contribution in [0.4, 0.5) is 4.39 Å². The van der Waals surface area contributed by atoms with Crippen molar-refractivity contribution in [2.45, 2.75) is 6.42 Å². The van der Waals surface area contributed by atoms with Crippen molar-refractivity contribution >= 4 is 37.8 Å². The summed E-state index contributed by atoms with van der Waals surface area (Å²) >= 11 is 6.32. The molecular formula is C9H7Br2FO2. The van der Waals surface area contributed by atoms with Gasteiger partial charge in [-0.15, -0.1) is 0 Å². The minimum absolute atomic E-state index is 0.0732. The van der Waals surface area contributed by atoms with Gasteiger partial charge >= 0.3 is 5.97 Å². The Hall–Kier alpha value is -0.420. The molecule has 1 aromatic carbocycles. The van der Waals surface area contributed by atoms with Crippen LogP contribution in [0.5, 0.6) is 0 Å². The van der Waals surface area contributed by atoms with E-state index in [-0.39, 0.29) is 6.42 Å². The van der Waals surface area contributed by atoms with Crippen LogP contribution in [0, 0.1) is 5.82 Å². The Bertz CT molecular complexity index is 343. The molecule has 2 nitrogen and oxygen atoms in total. The van der Waals surface area contributed by atoms with Gasteiger partial charge in [0.25, 0.3) is 0 Å². The van der Waals surface area contributed by atoms with E-state index in [0.717, 1.165) is 0 Å². The lowest BCUT2D eigenvalue weighted by molar-refractivity contribution is -0.139. The Morgan fingerprint density at radius 2 is 2.14 bits per heavy atom. The summed E-state index contributed by atoms with van der Waals surface area (Å²) in [5.74, 6) is -0.899. The molecule has 0 heterocycles. The minimum Gasteiger partial charge on any atom is -0.469 e. The standard InChI is InChI=1S/C9H7Br2FO2/c1-14-9(13)4-6-7(11)2-5(10)3-8(6)12/h2-3H,4H2,1H3. The number of hydrogen-bond acceptors (Lipinski definition) is 2. The number of methoxy groups -OCH3 is 1. The van der Waals surface area contributed by atoms with E-state index in [9.17, 15) is 9.18 Å². The molecule has 0 N–H and O–H groups in total. The second-order valence-corrected chi connectivity index (χ2v) is 4.37. The van der Waals surface area contributed by atoms with Crippen LogP contribution < -0.4 is 0 Å². The van der Waals surface area contributed by atoms with Crippen molar-refractivity contribution in [3.8, 4) is 0 Å². The number of rotatable bonds is 2. The topological polar surface area (TPSA) is 26.3 Å². The summed E-state index contributed by atoms with van der Waals surface area (Å²) < 4.78 is 19.0. The van der Waals surface area contributed by atoms with Crippen molar-refractivity contribution in [3.05, 3.63) is 32.5 Å². The summed E-state index contributed by atoms with van der Waals surface area (Å²) in [6.07, 6.45) is -0.0732. The van der Waals surface area contributed by atoms with E-state index in [1.807, 2.05) is 0 Å². The van der Waals surface area contributed by atoms with Crippen LogP contribution in [-0.2, 0) is 16.0 Å². The molecule has 0 aliphatic heterocycles. The van der Waals surface area contributed by atoms with Gasteiger partial charge in [0.05, 0.1) is 13.5 Å². The minimum atomic E-state index is -0.466. The molecule has 0 fully saturated rings. The maximum atomic E-state index is 13.3. The fourth-order valence-electron chi connectivity index (χ4n) is 0.957. The number of hydrogen-bond donors (Lipinski definition) is 0. The predicted molar refractivity (Wildman–Crippen MR) is 57.5 cm³/mol. The molecule has 0 bridgehead atoms. The normalized spacial score (nSPS) is 10.0. The molecule has 76 valence electrons. The Balaban J connectivity index is 3.02. The van der Waals surface area contributed by atoms with Gasteiger partial charge in [-0.05, 0) is 12.1 Å². The van der Waals surface area contributed by atoms with Crippen molar-refractivity contribution in [1.82, 2.24) is 0 Å². The predicted octanol–water partition coefficient (Wildman–Crippen LogP) is 3.07. The van der Waals surface area contributed by atoms with E-state index in [2.05, 4.69) is 36.6 Å². The lowest BCUT2D eigenvalue weighted by Gasteiger charge is -2.05. The van der Waals surface area contributed by atoms with Gasteiger partial charge < -0.3 is 4.74 Å². The Labute approximate surface area is 97.7 Å². The number of ether oxygens (including phenoxy) is 1. The van der Waals surface area contributed by atoms with Crippen LogP contribution in [0.2, 0.25) is 0 Å². The molecule has 14 heavy (non-hydrogen) atoms. The molecule has 0 aliphatic rings. The van der Waals surface area contributed by atoms with Crippen molar-refractivity contribution in [2.24, 2.45) is 0 Å². The fourth-order valence-corrected chi connectivity index (χ4v) is 2.27. The maximum Gasteiger partial charge on any atom is 0.310 e. The summed E-state index contributed by atoms with van der Waals surface area (Å²) in [6.45, 7) is 0. The Morgan fingerprint density at radius 3 is 2.64 bits per heavy atom. The van der Waals surface area contributed by atoms with Crippen LogP contribution in [0.1, 0.15) is 5.56 Å². The molecule has 0 saturated carbocycles. The summed E-state index contributed by atoms with van der Waals surface area (Å²) in [5.41, 5.74) is 0.306. The number of benzene rings is 1. The van der Waals surface area contributed by atoms with Gasteiger partial charge in [0.1, 0.15) is 5.82 Å². The first-order chi connectivity index (χ1) is 6.54. The lowest BCUT2D eigenvalue weighted by atomic mass is 10.1. The summed E-state index contributed by atoms with van der Waals surface area (Å²) in [4.78, 5) is 10.9. The average Bonchev–Trinajstić information content (AvgIpc) is 2.10. The second kappa shape index (κ2) is 4.89. The van der Waals surface area contributed by atoms with Crippen LogP contribution in [-0.4, -0.2) is 13.1 Å². The van der Waals surface area contributed by atoms with E-state index in [1.54, 1.807) is 6.07 Å². The number of halogens is 3. The zero-order valence-electron chi connectivity index (χ0n) is 7.31. The SMILES string of the molecule is COC(=O)Cc1c(F)cc(Br)cc1Br. The summed E-state index contributed by atoms with van der Waals surface area (Å²) in [7, 11) is 1.27. The number of carbonyl (C=O) groups is 1. The van der Waals surface area contributed by atoms with Gasteiger partial charge in [-0.2, -0.15) is 0 Å². The van der Waals surface area contributed by atoms with E-state index in [1.165, 1.54) is 13.2 Å². The van der Waals surface area contributed by atoms with Gasteiger partial charge in [-0.25, -0.2) is 4.39 Å². The highest BCUT2D eigenvalue weighted by Gasteiger charge is 2.12. The zero-order valence-corrected chi connectivity index (χ0v) is 10.5. The van der Waals surface area contributed by atoms with Gasteiger partial charge in [-0.1, -0.05) is 31.9 Å². The van der Waals surface area contributed by atoms with Crippen molar-refractivity contribution < 1.29 is 13.9 Å². The van der Waals surface area contributed by atoms with E-state index in [4.69, 9.17) is 0 Å². The third kappa shape index (κ3) is 2.78. The molecule has 0 unspecified atom stereocenters. The number of carbonyl (C=O) groups excluding carboxylic acids is 1. The first-order valence-corrected chi connectivity index (χ1v) is 5.33. The lowest BCUT2D eigenvalue weighted by Crippen LogP contribution is -2.06. The first-order valence-electron chi connectivity index (χ1n) is 3.75. The molecule has 0 saturated heterocycles. The largest absolute Gasteiger partial charge is 0.469 e. The van der Waals surface area contributed by atoms with Crippen molar-refractivity contribution in [1.29, 1.82) is 0 Å². The van der Waals surface area contributed by atoms with E-state index in [0.29, 0.717) is 14.5 Å². The smallest absolute Gasteiger partial charge is 0.310 e. The Morgan fingerprint density at radius 1 is 1.50 bits per heavy atom. The number of esters is 1. The fraction of sp³-hybridized carbons (Fsp3) is 0.222. The van der Waals surface area contributed by atoms with Gasteiger partial charge in [0.2, 0.25) is 0 Å². The maximum absolute atomic E-state index is 13.3. The highest BCUT2D eigenvalue weighted by Crippen LogP contribution is 2.25. The van der Waals surface area contributed by atoms with Crippen LogP contribution in [0.15, 0.2) is 21.1 Å². The average molecular weight is 326 g/mol. The molecule has 1 aromatic rings. The van der Waals surface area contributed by atoms with Crippen LogP contribution in [0.3, 0.4) is 0 Å². The van der Waals surface area contributed by atoms with Gasteiger partial charge in [0.15, 0.2) is 0 Å². The van der Waals surface area contributed by atoms with Crippen molar-refractivity contribution in [3.63, 3.8) is 0 Å². The second-order valence-electron chi connectivity index (χ2n) is 2.60. The highest BCUT2D eigenvalue weighted by atomic mass is 79.9. The molecule has 0 aromatic heterocycles. The highest BCUT2D eigenvalue weighted by molar-refractivity contribution is 9.11. The van der Waals surface area contributed by atoms with E-state index >= 15 is 0 Å². The first kappa shape index (κ1) is 11.7. The summed E-state index contributed by atoms with van der Waals surface area (Å²) in [5, 5.41) is 0. The van der Waals surface area contributed by atoms with Gasteiger partial charge in [-0.3, -0.25) is 4.79 Å². The summed E-state index contributed by atoms with van der Waals surface area (Å²) in [6, 6.07) is 2.99. The molecule has 0 aliphatic carbocycles. The molecule has 0 amide bonds. The van der Waals surface area contributed by atoms with Gasteiger partial charge in [0, 0.05) is 14.5 Å². The molecule has 5 heteroatoms. The van der Waals surface area contributed by atoms with Crippen molar-refractivity contribution in [2.75, 3.05) is 7.11 Å². The molecule has 0 spiro atoms. The van der Waals surface area contributed by atoms with Crippen LogP contribution >= 0.6 is 31.9 Å².